The first-order valence-corrected chi connectivity index (χ1v) is 6.79. The standard InChI is InChI=1S/C14H17N5O2/c1-17-11-4-7-19(8-10(11)13(16-17)14(15)21)12(20)9-18-5-2-3-6-18/h2-3,5-6H,4,7-9H2,1H3,(H2,15,21). The third kappa shape index (κ3) is 2.42. The molecule has 3 rings (SSSR count). The molecule has 1 aliphatic rings. The largest absolute Gasteiger partial charge is 0.364 e. The molecule has 0 aliphatic carbocycles. The quantitative estimate of drug-likeness (QED) is 0.855. The molecule has 0 saturated carbocycles. The summed E-state index contributed by atoms with van der Waals surface area (Å²) < 4.78 is 3.51. The molecule has 1 aliphatic heterocycles. The van der Waals surface area contributed by atoms with Crippen molar-refractivity contribution in [3.05, 3.63) is 41.5 Å². The van der Waals surface area contributed by atoms with Crippen LogP contribution in [0.4, 0.5) is 0 Å². The molecule has 2 aromatic rings. The minimum Gasteiger partial charge on any atom is -0.364 e. The zero-order valence-electron chi connectivity index (χ0n) is 11.8. The SMILES string of the molecule is Cn1nc(C(N)=O)c2c1CCN(C(=O)Cn1cccc1)C2. The van der Waals surface area contributed by atoms with Gasteiger partial charge in [0.2, 0.25) is 5.91 Å². The number of carbonyl (C=O) groups excluding carboxylic acids is 2. The van der Waals surface area contributed by atoms with Crippen LogP contribution < -0.4 is 5.73 Å². The summed E-state index contributed by atoms with van der Waals surface area (Å²) in [7, 11) is 1.79. The molecule has 0 saturated heterocycles. The Morgan fingerprint density at radius 1 is 1.33 bits per heavy atom. The van der Waals surface area contributed by atoms with E-state index in [-0.39, 0.29) is 11.6 Å². The van der Waals surface area contributed by atoms with Crippen molar-refractivity contribution in [2.45, 2.75) is 19.5 Å². The monoisotopic (exact) mass is 287 g/mol. The lowest BCUT2D eigenvalue weighted by Crippen LogP contribution is -2.38. The van der Waals surface area contributed by atoms with Gasteiger partial charge in [0, 0.05) is 50.2 Å². The van der Waals surface area contributed by atoms with Gasteiger partial charge in [-0.15, -0.1) is 0 Å². The van der Waals surface area contributed by atoms with Gasteiger partial charge in [-0.25, -0.2) is 0 Å². The molecule has 21 heavy (non-hydrogen) atoms. The Kier molecular flexibility index (Phi) is 3.25. The van der Waals surface area contributed by atoms with E-state index in [0.717, 1.165) is 11.3 Å². The number of aryl methyl sites for hydroxylation is 1. The van der Waals surface area contributed by atoms with Gasteiger partial charge in [0.1, 0.15) is 6.54 Å². The third-order valence-electron chi connectivity index (χ3n) is 3.81. The summed E-state index contributed by atoms with van der Waals surface area (Å²) in [6, 6.07) is 3.77. The molecule has 2 amide bonds. The van der Waals surface area contributed by atoms with Gasteiger partial charge in [-0.2, -0.15) is 5.10 Å². The fourth-order valence-electron chi connectivity index (χ4n) is 2.73. The maximum Gasteiger partial charge on any atom is 0.269 e. The zero-order chi connectivity index (χ0) is 15.0. The van der Waals surface area contributed by atoms with Crippen LogP contribution in [0, 0.1) is 0 Å². The fraction of sp³-hybridized carbons (Fsp3) is 0.357. The first-order chi connectivity index (χ1) is 10.1. The summed E-state index contributed by atoms with van der Waals surface area (Å²) in [5, 5.41) is 4.16. The Morgan fingerprint density at radius 3 is 2.71 bits per heavy atom. The summed E-state index contributed by atoms with van der Waals surface area (Å²) >= 11 is 0. The Morgan fingerprint density at radius 2 is 2.05 bits per heavy atom. The maximum absolute atomic E-state index is 12.3. The average Bonchev–Trinajstić information content (AvgIpc) is 3.07. The van der Waals surface area contributed by atoms with Crippen LogP contribution in [0.5, 0.6) is 0 Å². The van der Waals surface area contributed by atoms with Crippen molar-refractivity contribution in [1.82, 2.24) is 19.2 Å². The third-order valence-corrected chi connectivity index (χ3v) is 3.81. The molecule has 0 bridgehead atoms. The molecule has 0 unspecified atom stereocenters. The van der Waals surface area contributed by atoms with Gasteiger partial charge in [-0.05, 0) is 12.1 Å². The minimum atomic E-state index is -0.549. The first-order valence-electron chi connectivity index (χ1n) is 6.79. The van der Waals surface area contributed by atoms with Gasteiger partial charge in [0.15, 0.2) is 5.69 Å². The van der Waals surface area contributed by atoms with E-state index in [9.17, 15) is 9.59 Å². The number of hydrogen-bond acceptors (Lipinski definition) is 3. The number of primary amides is 1. The number of hydrogen-bond donors (Lipinski definition) is 1. The van der Waals surface area contributed by atoms with Crippen molar-refractivity contribution in [2.75, 3.05) is 6.54 Å². The second-order valence-electron chi connectivity index (χ2n) is 5.18. The highest BCUT2D eigenvalue weighted by Gasteiger charge is 2.28. The van der Waals surface area contributed by atoms with Crippen molar-refractivity contribution in [2.24, 2.45) is 12.8 Å². The molecule has 2 N–H and O–H groups in total. The lowest BCUT2D eigenvalue weighted by atomic mass is 10.0. The van der Waals surface area contributed by atoms with Crippen LogP contribution in [0.15, 0.2) is 24.5 Å². The lowest BCUT2D eigenvalue weighted by Gasteiger charge is -2.27. The molecule has 0 atom stereocenters. The van der Waals surface area contributed by atoms with E-state index in [1.165, 1.54) is 0 Å². The highest BCUT2D eigenvalue weighted by Crippen LogP contribution is 2.22. The summed E-state index contributed by atoms with van der Waals surface area (Å²) in [4.78, 5) is 25.5. The highest BCUT2D eigenvalue weighted by molar-refractivity contribution is 5.92. The second-order valence-corrected chi connectivity index (χ2v) is 5.18. The average molecular weight is 287 g/mol. The van der Waals surface area contributed by atoms with E-state index in [4.69, 9.17) is 5.73 Å². The number of carbonyl (C=O) groups is 2. The Hall–Kier alpha value is -2.57. The van der Waals surface area contributed by atoms with Crippen LogP contribution in [0.25, 0.3) is 0 Å². The van der Waals surface area contributed by atoms with Gasteiger partial charge in [-0.1, -0.05) is 0 Å². The zero-order valence-corrected chi connectivity index (χ0v) is 11.8. The second kappa shape index (κ2) is 5.08. The van der Waals surface area contributed by atoms with E-state index < -0.39 is 5.91 Å². The normalized spacial score (nSPS) is 14.0. The van der Waals surface area contributed by atoms with Crippen LogP contribution in [0.1, 0.15) is 21.7 Å². The lowest BCUT2D eigenvalue weighted by molar-refractivity contribution is -0.132. The van der Waals surface area contributed by atoms with E-state index >= 15 is 0 Å². The van der Waals surface area contributed by atoms with Crippen molar-refractivity contribution in [3.63, 3.8) is 0 Å². The molecule has 0 aromatic carbocycles. The molecule has 7 nitrogen and oxygen atoms in total. The number of rotatable bonds is 3. The minimum absolute atomic E-state index is 0.0242. The number of fused-ring (bicyclic) bond motifs is 1. The van der Waals surface area contributed by atoms with Crippen molar-refractivity contribution in [1.29, 1.82) is 0 Å². The van der Waals surface area contributed by atoms with Crippen LogP contribution in [0.2, 0.25) is 0 Å². The Bertz CT molecular complexity index is 687. The van der Waals surface area contributed by atoms with Crippen LogP contribution in [0.3, 0.4) is 0 Å². The predicted molar refractivity (Wildman–Crippen MR) is 75.3 cm³/mol. The van der Waals surface area contributed by atoms with Gasteiger partial charge in [-0.3, -0.25) is 14.3 Å². The van der Waals surface area contributed by atoms with Gasteiger partial charge in [0.25, 0.3) is 5.91 Å². The molecule has 2 aromatic heterocycles. The smallest absolute Gasteiger partial charge is 0.269 e. The van der Waals surface area contributed by atoms with E-state index in [2.05, 4.69) is 5.10 Å². The summed E-state index contributed by atoms with van der Waals surface area (Å²) in [5.41, 5.74) is 7.38. The van der Waals surface area contributed by atoms with Crippen LogP contribution in [-0.2, 0) is 31.4 Å². The van der Waals surface area contributed by atoms with Gasteiger partial charge in [0.05, 0.1) is 0 Å². The molecular formula is C14H17N5O2. The number of amides is 2. The van der Waals surface area contributed by atoms with Gasteiger partial charge < -0.3 is 15.2 Å². The van der Waals surface area contributed by atoms with Gasteiger partial charge >= 0.3 is 0 Å². The van der Waals surface area contributed by atoms with E-state index in [1.54, 1.807) is 16.6 Å². The predicted octanol–water partition coefficient (Wildman–Crippen LogP) is -0.0946. The molecule has 0 radical (unpaired) electrons. The van der Waals surface area contributed by atoms with Crippen molar-refractivity contribution in [3.8, 4) is 0 Å². The maximum atomic E-state index is 12.3. The summed E-state index contributed by atoms with van der Waals surface area (Å²) in [6.07, 6.45) is 4.39. The first kappa shape index (κ1) is 13.4. The topological polar surface area (TPSA) is 86.2 Å². The van der Waals surface area contributed by atoms with Crippen LogP contribution in [-0.4, -0.2) is 37.6 Å². The number of nitrogens with two attached hydrogens (primary N) is 1. The Balaban J connectivity index is 1.80. The van der Waals surface area contributed by atoms with E-state index in [0.29, 0.717) is 26.1 Å². The molecule has 7 heteroatoms. The van der Waals surface area contributed by atoms with Crippen molar-refractivity contribution >= 4 is 11.8 Å². The fourth-order valence-corrected chi connectivity index (χ4v) is 2.73. The molecule has 0 spiro atoms. The molecule has 0 fully saturated rings. The highest BCUT2D eigenvalue weighted by atomic mass is 16.2. The molecular weight excluding hydrogens is 270 g/mol. The Labute approximate surface area is 121 Å². The number of aromatic nitrogens is 3. The van der Waals surface area contributed by atoms with Crippen molar-refractivity contribution < 1.29 is 9.59 Å². The number of nitrogens with zero attached hydrogens (tertiary/aromatic N) is 4. The summed E-state index contributed by atoms with van der Waals surface area (Å²) in [6.45, 7) is 1.32. The molecule has 3 heterocycles. The van der Waals surface area contributed by atoms with Crippen LogP contribution >= 0.6 is 0 Å². The van der Waals surface area contributed by atoms with E-state index in [1.807, 2.05) is 29.1 Å². The molecule has 110 valence electrons. The summed E-state index contributed by atoms with van der Waals surface area (Å²) in [5.74, 6) is -0.525.